The maximum Gasteiger partial charge on any atom is -0.0168 e. The van der Waals surface area contributed by atoms with E-state index in [0.717, 1.165) is 47.3 Å². The summed E-state index contributed by atoms with van der Waals surface area (Å²) in [5, 5.41) is 0. The summed E-state index contributed by atoms with van der Waals surface area (Å²) in [6, 6.07) is 0. The summed E-state index contributed by atoms with van der Waals surface area (Å²) in [7, 11) is 0. The van der Waals surface area contributed by atoms with E-state index in [0.29, 0.717) is 0 Å². The smallest absolute Gasteiger partial charge is 0.0168 e. The fourth-order valence-corrected chi connectivity index (χ4v) is 5.34. The minimum atomic E-state index is 0.862. The quantitative estimate of drug-likeness (QED) is 0.584. The number of hydrogen-bond donors (Lipinski definition) is 0. The van der Waals surface area contributed by atoms with Crippen LogP contribution in [0, 0.1) is 47.3 Å². The molecule has 3 aliphatic carbocycles. The third-order valence-corrected chi connectivity index (χ3v) is 7.27. The van der Waals surface area contributed by atoms with E-state index in [1.807, 2.05) is 5.57 Å². The first-order valence-corrected chi connectivity index (χ1v) is 8.69. The van der Waals surface area contributed by atoms with Gasteiger partial charge in [-0.1, -0.05) is 46.3 Å². The Morgan fingerprint density at radius 2 is 1.84 bits per heavy atom. The molecular weight excluding hydrogens is 228 g/mol. The molecule has 0 N–H and O–H groups in total. The van der Waals surface area contributed by atoms with Crippen molar-refractivity contribution in [3.05, 3.63) is 11.6 Å². The van der Waals surface area contributed by atoms with Crippen LogP contribution in [-0.4, -0.2) is 0 Å². The Kier molecular flexibility index (Phi) is 3.56. The highest BCUT2D eigenvalue weighted by atomic mass is 14.5. The van der Waals surface area contributed by atoms with Gasteiger partial charge in [0.05, 0.1) is 0 Å². The SMILES string of the molecule is CC(C)C(C)C1CCC(C2C=C3CC2C(C)C3C)C1. The lowest BCUT2D eigenvalue weighted by atomic mass is 9.73. The highest BCUT2D eigenvalue weighted by Gasteiger charge is 2.47. The minimum absolute atomic E-state index is 0.862. The molecule has 0 aromatic heterocycles. The molecule has 3 aliphatic rings. The van der Waals surface area contributed by atoms with Crippen LogP contribution < -0.4 is 0 Å². The van der Waals surface area contributed by atoms with Crippen molar-refractivity contribution >= 4 is 0 Å². The zero-order valence-corrected chi connectivity index (χ0v) is 13.5. The highest BCUT2D eigenvalue weighted by molar-refractivity contribution is 5.25. The van der Waals surface area contributed by atoms with Gasteiger partial charge in [-0.15, -0.1) is 0 Å². The molecule has 0 aliphatic heterocycles. The molecule has 108 valence electrons. The molecule has 2 bridgehead atoms. The summed E-state index contributed by atoms with van der Waals surface area (Å²) in [4.78, 5) is 0. The van der Waals surface area contributed by atoms with Gasteiger partial charge in [0.1, 0.15) is 0 Å². The van der Waals surface area contributed by atoms with Crippen molar-refractivity contribution in [3.8, 4) is 0 Å². The molecule has 0 heteroatoms. The van der Waals surface area contributed by atoms with E-state index in [-0.39, 0.29) is 0 Å². The predicted octanol–water partition coefficient (Wildman–Crippen LogP) is 5.54. The van der Waals surface area contributed by atoms with Gasteiger partial charge in [0.15, 0.2) is 0 Å². The second kappa shape index (κ2) is 4.93. The van der Waals surface area contributed by atoms with Crippen molar-refractivity contribution in [2.75, 3.05) is 0 Å². The molecule has 0 amide bonds. The lowest BCUT2D eigenvalue weighted by Crippen LogP contribution is -2.25. The zero-order valence-electron chi connectivity index (χ0n) is 13.5. The summed E-state index contributed by atoms with van der Waals surface area (Å²) in [6.45, 7) is 12.3. The van der Waals surface area contributed by atoms with Crippen molar-refractivity contribution in [2.24, 2.45) is 47.3 Å². The van der Waals surface area contributed by atoms with Gasteiger partial charge in [0.2, 0.25) is 0 Å². The summed E-state index contributed by atoms with van der Waals surface area (Å²) in [5.74, 6) is 7.60. The molecule has 0 aromatic carbocycles. The first-order chi connectivity index (χ1) is 8.99. The van der Waals surface area contributed by atoms with Gasteiger partial charge in [0.25, 0.3) is 0 Å². The van der Waals surface area contributed by atoms with Crippen molar-refractivity contribution < 1.29 is 0 Å². The van der Waals surface area contributed by atoms with Crippen LogP contribution in [0.15, 0.2) is 11.6 Å². The molecule has 0 radical (unpaired) electrons. The normalized spacial score (nSPS) is 46.9. The molecule has 3 rings (SSSR count). The van der Waals surface area contributed by atoms with E-state index in [1.54, 1.807) is 0 Å². The molecule has 7 atom stereocenters. The maximum absolute atomic E-state index is 2.71. The largest absolute Gasteiger partial charge is 0.0813 e. The maximum atomic E-state index is 2.71. The topological polar surface area (TPSA) is 0 Å². The molecule has 0 nitrogen and oxygen atoms in total. The zero-order chi connectivity index (χ0) is 13.7. The predicted molar refractivity (Wildman–Crippen MR) is 82.8 cm³/mol. The Morgan fingerprint density at radius 3 is 2.42 bits per heavy atom. The van der Waals surface area contributed by atoms with Gasteiger partial charge in [-0.2, -0.15) is 0 Å². The molecular formula is C19H32. The second-order valence-corrected chi connectivity index (χ2v) is 8.27. The van der Waals surface area contributed by atoms with Crippen LogP contribution in [0.25, 0.3) is 0 Å². The van der Waals surface area contributed by atoms with E-state index in [9.17, 15) is 0 Å². The summed E-state index contributed by atoms with van der Waals surface area (Å²) in [6.07, 6.45) is 8.68. The van der Waals surface area contributed by atoms with E-state index in [1.165, 1.54) is 25.7 Å². The Balaban J connectivity index is 1.66. The van der Waals surface area contributed by atoms with Gasteiger partial charge >= 0.3 is 0 Å². The van der Waals surface area contributed by atoms with Crippen molar-refractivity contribution in [3.63, 3.8) is 0 Å². The molecule has 0 heterocycles. The van der Waals surface area contributed by atoms with Crippen molar-refractivity contribution in [2.45, 2.75) is 60.3 Å². The van der Waals surface area contributed by atoms with Crippen LogP contribution in [-0.2, 0) is 0 Å². The Labute approximate surface area is 120 Å². The fourth-order valence-electron chi connectivity index (χ4n) is 5.34. The first-order valence-electron chi connectivity index (χ1n) is 8.69. The van der Waals surface area contributed by atoms with E-state index >= 15 is 0 Å². The third kappa shape index (κ3) is 2.20. The number of rotatable bonds is 3. The van der Waals surface area contributed by atoms with Gasteiger partial charge < -0.3 is 0 Å². The average Bonchev–Trinajstić information content (AvgIpc) is 3.05. The van der Waals surface area contributed by atoms with E-state index < -0.39 is 0 Å². The molecule has 0 aromatic rings. The van der Waals surface area contributed by atoms with Gasteiger partial charge in [-0.3, -0.25) is 0 Å². The molecule has 0 saturated heterocycles. The Bertz CT molecular complexity index is 364. The van der Waals surface area contributed by atoms with Gasteiger partial charge in [-0.05, 0) is 73.0 Å². The molecule has 19 heavy (non-hydrogen) atoms. The molecule has 2 saturated carbocycles. The number of hydrogen-bond acceptors (Lipinski definition) is 0. The number of allylic oxidation sites excluding steroid dienone is 2. The average molecular weight is 260 g/mol. The van der Waals surface area contributed by atoms with Crippen LogP contribution >= 0.6 is 0 Å². The van der Waals surface area contributed by atoms with Crippen molar-refractivity contribution in [1.82, 2.24) is 0 Å². The van der Waals surface area contributed by atoms with Gasteiger partial charge in [0, 0.05) is 0 Å². The lowest BCUT2D eigenvalue weighted by molar-refractivity contribution is 0.205. The lowest BCUT2D eigenvalue weighted by Gasteiger charge is -2.32. The first kappa shape index (κ1) is 13.7. The van der Waals surface area contributed by atoms with Crippen LogP contribution in [0.1, 0.15) is 60.3 Å². The van der Waals surface area contributed by atoms with Gasteiger partial charge in [-0.25, -0.2) is 0 Å². The highest BCUT2D eigenvalue weighted by Crippen LogP contribution is 2.56. The monoisotopic (exact) mass is 260 g/mol. The number of fused-ring (bicyclic) bond motifs is 2. The Morgan fingerprint density at radius 1 is 1.11 bits per heavy atom. The molecule has 2 fully saturated rings. The standard InChI is InChI=1S/C19H32/c1-11(2)12(3)15-6-7-16(8-15)19-10-17-9-18(19)14(5)13(17)4/h10-16,18-19H,6-9H2,1-5H3. The van der Waals surface area contributed by atoms with Crippen LogP contribution in [0.4, 0.5) is 0 Å². The van der Waals surface area contributed by atoms with E-state index in [4.69, 9.17) is 0 Å². The summed E-state index contributed by atoms with van der Waals surface area (Å²) < 4.78 is 0. The Hall–Kier alpha value is -0.260. The summed E-state index contributed by atoms with van der Waals surface area (Å²) >= 11 is 0. The van der Waals surface area contributed by atoms with Crippen LogP contribution in [0.3, 0.4) is 0 Å². The molecule has 7 unspecified atom stereocenters. The third-order valence-electron chi connectivity index (χ3n) is 7.27. The van der Waals surface area contributed by atoms with Crippen LogP contribution in [0.5, 0.6) is 0 Å². The van der Waals surface area contributed by atoms with E-state index in [2.05, 4.69) is 40.7 Å². The summed E-state index contributed by atoms with van der Waals surface area (Å²) in [5.41, 5.74) is 1.81. The fraction of sp³-hybridized carbons (Fsp3) is 0.895. The van der Waals surface area contributed by atoms with Crippen LogP contribution in [0.2, 0.25) is 0 Å². The minimum Gasteiger partial charge on any atom is -0.0813 e. The second-order valence-electron chi connectivity index (χ2n) is 8.27. The van der Waals surface area contributed by atoms with Crippen molar-refractivity contribution in [1.29, 1.82) is 0 Å². The molecule has 0 spiro atoms.